The molecular weight excluding hydrogens is 302 g/mol. The van der Waals surface area contributed by atoms with Crippen molar-refractivity contribution >= 4 is 11.7 Å². The zero-order chi connectivity index (χ0) is 16.4. The summed E-state index contributed by atoms with van der Waals surface area (Å²) < 4.78 is 5.81. The molecule has 1 atom stereocenters. The van der Waals surface area contributed by atoms with Crippen LogP contribution in [-0.2, 0) is 6.42 Å². The number of carbonyl (C=O) groups is 1. The largest absolute Gasteiger partial charge is 0.493 e. The summed E-state index contributed by atoms with van der Waals surface area (Å²) in [6, 6.07) is 12.1. The number of rotatable bonds is 5. The van der Waals surface area contributed by atoms with Crippen LogP contribution in [-0.4, -0.2) is 30.1 Å². The number of fused-ring (bicyclic) bond motifs is 1. The van der Waals surface area contributed by atoms with Crippen LogP contribution < -0.4 is 15.4 Å². The number of amides is 1. The molecule has 0 unspecified atom stereocenters. The van der Waals surface area contributed by atoms with Crippen LogP contribution >= 0.6 is 0 Å². The monoisotopic (exact) mass is 323 g/mol. The summed E-state index contributed by atoms with van der Waals surface area (Å²) in [6.45, 7) is 1.47. The number of benzene rings is 1. The average molecular weight is 323 g/mol. The van der Waals surface area contributed by atoms with E-state index in [0.29, 0.717) is 24.1 Å². The van der Waals surface area contributed by atoms with Crippen molar-refractivity contribution in [3.05, 3.63) is 53.7 Å². The summed E-state index contributed by atoms with van der Waals surface area (Å²) in [5.41, 5.74) is 1.91. The average Bonchev–Trinajstić information content (AvgIpc) is 3.44. The van der Waals surface area contributed by atoms with Gasteiger partial charge in [-0.1, -0.05) is 18.2 Å². The van der Waals surface area contributed by atoms with Crippen LogP contribution in [0.1, 0.15) is 28.8 Å². The Morgan fingerprint density at radius 1 is 1.25 bits per heavy atom. The molecule has 2 aromatic rings. The van der Waals surface area contributed by atoms with Gasteiger partial charge in [-0.25, -0.2) is 4.98 Å². The fourth-order valence-electron chi connectivity index (χ4n) is 2.94. The number of hydrogen-bond donors (Lipinski definition) is 2. The van der Waals surface area contributed by atoms with Gasteiger partial charge in [0, 0.05) is 30.3 Å². The van der Waals surface area contributed by atoms with Crippen molar-refractivity contribution < 1.29 is 9.53 Å². The Kier molecular flexibility index (Phi) is 4.07. The molecule has 5 heteroatoms. The first-order valence-corrected chi connectivity index (χ1v) is 8.49. The maximum absolute atomic E-state index is 12.1. The Morgan fingerprint density at radius 2 is 2.12 bits per heavy atom. The second kappa shape index (κ2) is 6.51. The molecule has 24 heavy (non-hydrogen) atoms. The van der Waals surface area contributed by atoms with Gasteiger partial charge in [-0.15, -0.1) is 0 Å². The predicted molar refractivity (Wildman–Crippen MR) is 92.3 cm³/mol. The molecule has 1 aromatic heterocycles. The van der Waals surface area contributed by atoms with E-state index in [0.717, 1.165) is 37.4 Å². The molecule has 1 aromatic carbocycles. The van der Waals surface area contributed by atoms with Crippen molar-refractivity contribution in [2.45, 2.75) is 25.3 Å². The van der Waals surface area contributed by atoms with Crippen LogP contribution in [0.15, 0.2) is 42.6 Å². The number of nitrogens with one attached hydrogen (secondary N) is 2. The van der Waals surface area contributed by atoms with Crippen LogP contribution in [0, 0.1) is 5.92 Å². The summed E-state index contributed by atoms with van der Waals surface area (Å²) in [7, 11) is 0. The van der Waals surface area contributed by atoms with Gasteiger partial charge in [0.1, 0.15) is 11.6 Å². The summed E-state index contributed by atoms with van der Waals surface area (Å²) >= 11 is 0. The fraction of sp³-hybridized carbons (Fsp3) is 0.368. The summed E-state index contributed by atoms with van der Waals surface area (Å²) in [5.74, 6) is 2.10. The van der Waals surface area contributed by atoms with Crippen molar-refractivity contribution in [3.8, 4) is 5.75 Å². The van der Waals surface area contributed by atoms with Gasteiger partial charge >= 0.3 is 0 Å². The Balaban J connectivity index is 1.35. The lowest BCUT2D eigenvalue weighted by atomic mass is 9.97. The second-order valence-electron chi connectivity index (χ2n) is 6.55. The third-order valence-corrected chi connectivity index (χ3v) is 4.46. The van der Waals surface area contributed by atoms with Gasteiger partial charge in [-0.05, 0) is 43.0 Å². The first-order chi connectivity index (χ1) is 11.8. The van der Waals surface area contributed by atoms with Gasteiger partial charge in [0.25, 0.3) is 5.91 Å². The van der Waals surface area contributed by atoms with E-state index < -0.39 is 0 Å². The Hall–Kier alpha value is -2.56. The number of pyridine rings is 1. The number of hydrogen-bond acceptors (Lipinski definition) is 4. The third kappa shape index (κ3) is 3.50. The molecule has 1 saturated carbocycles. The molecule has 0 radical (unpaired) electrons. The van der Waals surface area contributed by atoms with E-state index in [1.165, 1.54) is 5.56 Å². The van der Waals surface area contributed by atoms with Crippen molar-refractivity contribution in [3.63, 3.8) is 0 Å². The molecule has 2 N–H and O–H groups in total. The maximum Gasteiger partial charge on any atom is 0.251 e. The molecule has 124 valence electrons. The first-order valence-electron chi connectivity index (χ1n) is 8.49. The highest BCUT2D eigenvalue weighted by Crippen LogP contribution is 2.27. The van der Waals surface area contributed by atoms with E-state index in [-0.39, 0.29) is 5.91 Å². The zero-order valence-corrected chi connectivity index (χ0v) is 13.5. The molecule has 1 aliphatic carbocycles. The van der Waals surface area contributed by atoms with Crippen LogP contribution in [0.25, 0.3) is 0 Å². The zero-order valence-electron chi connectivity index (χ0n) is 13.5. The molecular formula is C19H21N3O2. The van der Waals surface area contributed by atoms with Gasteiger partial charge in [0.05, 0.1) is 6.61 Å². The van der Waals surface area contributed by atoms with E-state index >= 15 is 0 Å². The molecule has 4 rings (SSSR count). The Bertz CT molecular complexity index is 743. The van der Waals surface area contributed by atoms with Gasteiger partial charge in [0.2, 0.25) is 0 Å². The van der Waals surface area contributed by atoms with Gasteiger partial charge in [-0.3, -0.25) is 4.79 Å². The highest BCUT2D eigenvalue weighted by Gasteiger charge is 2.24. The van der Waals surface area contributed by atoms with Gasteiger partial charge in [0.15, 0.2) is 0 Å². The highest BCUT2D eigenvalue weighted by molar-refractivity contribution is 5.95. The first kappa shape index (κ1) is 15.0. The number of para-hydroxylation sites is 1. The van der Waals surface area contributed by atoms with Crippen molar-refractivity contribution in [1.82, 2.24) is 10.3 Å². The number of aromatic nitrogens is 1. The van der Waals surface area contributed by atoms with E-state index in [4.69, 9.17) is 4.74 Å². The molecule has 1 fully saturated rings. The van der Waals surface area contributed by atoms with Crippen LogP contribution in [0.3, 0.4) is 0 Å². The quantitative estimate of drug-likeness (QED) is 0.888. The molecule has 0 spiro atoms. The van der Waals surface area contributed by atoms with Crippen LogP contribution in [0.4, 0.5) is 5.82 Å². The molecule has 0 bridgehead atoms. The minimum absolute atomic E-state index is 0.0159. The standard InChI is InChI=1S/C19H21N3O2/c23-19(22-16-5-6-16)15-7-8-20-18(10-15)21-11-13-9-14-3-1-2-4-17(14)24-12-13/h1-4,7-8,10,13,16H,5-6,9,11-12H2,(H,20,21)(H,22,23)/t13-/m0/s1. The smallest absolute Gasteiger partial charge is 0.251 e. The molecule has 2 heterocycles. The summed E-state index contributed by atoms with van der Waals surface area (Å²) in [6.07, 6.45) is 4.85. The van der Waals surface area contributed by atoms with Crippen LogP contribution in [0.2, 0.25) is 0 Å². The van der Waals surface area contributed by atoms with E-state index in [1.54, 1.807) is 12.3 Å². The Labute approximate surface area is 141 Å². The predicted octanol–water partition coefficient (Wildman–Crippen LogP) is 2.64. The van der Waals surface area contributed by atoms with Crippen LogP contribution in [0.5, 0.6) is 5.75 Å². The number of nitrogens with zero attached hydrogens (tertiary/aromatic N) is 1. The molecule has 1 amide bonds. The van der Waals surface area contributed by atoms with Crippen molar-refractivity contribution in [1.29, 1.82) is 0 Å². The molecule has 5 nitrogen and oxygen atoms in total. The normalized spacial score (nSPS) is 19.1. The SMILES string of the molecule is O=C(NC1CC1)c1ccnc(NC[C@H]2COc3ccccc3C2)c1. The maximum atomic E-state index is 12.1. The summed E-state index contributed by atoms with van der Waals surface area (Å²) in [4.78, 5) is 16.4. The van der Waals surface area contributed by atoms with E-state index in [9.17, 15) is 4.79 Å². The number of anilines is 1. The molecule has 0 saturated heterocycles. The lowest BCUT2D eigenvalue weighted by Crippen LogP contribution is -2.28. The Morgan fingerprint density at radius 3 is 3.00 bits per heavy atom. The second-order valence-corrected chi connectivity index (χ2v) is 6.55. The van der Waals surface area contributed by atoms with Crippen molar-refractivity contribution in [2.24, 2.45) is 5.92 Å². The minimum atomic E-state index is -0.0159. The number of carbonyl (C=O) groups excluding carboxylic acids is 1. The fourth-order valence-corrected chi connectivity index (χ4v) is 2.94. The minimum Gasteiger partial charge on any atom is -0.493 e. The number of ether oxygens (including phenoxy) is 1. The molecule has 1 aliphatic heterocycles. The van der Waals surface area contributed by atoms with E-state index in [1.807, 2.05) is 24.3 Å². The van der Waals surface area contributed by atoms with Crippen molar-refractivity contribution in [2.75, 3.05) is 18.5 Å². The summed E-state index contributed by atoms with van der Waals surface area (Å²) in [5, 5.41) is 6.34. The highest BCUT2D eigenvalue weighted by atomic mass is 16.5. The van der Waals surface area contributed by atoms with Gasteiger partial charge in [-0.2, -0.15) is 0 Å². The lowest BCUT2D eigenvalue weighted by molar-refractivity contribution is 0.0951. The lowest BCUT2D eigenvalue weighted by Gasteiger charge is -2.25. The van der Waals surface area contributed by atoms with Gasteiger partial charge < -0.3 is 15.4 Å². The molecule has 2 aliphatic rings. The topological polar surface area (TPSA) is 63.2 Å². The van der Waals surface area contributed by atoms with E-state index in [2.05, 4.69) is 21.7 Å². The third-order valence-electron chi connectivity index (χ3n) is 4.46.